The Hall–Kier alpha value is -2.28. The van der Waals surface area contributed by atoms with Gasteiger partial charge in [-0.3, -0.25) is 0 Å². The second-order valence-corrected chi connectivity index (χ2v) is 2.54. The Bertz CT molecular complexity index is 428. The lowest BCUT2D eigenvalue weighted by atomic mass is 10.1. The van der Waals surface area contributed by atoms with E-state index in [9.17, 15) is 9.59 Å². The van der Waals surface area contributed by atoms with Gasteiger partial charge in [-0.05, 0) is 12.1 Å². The zero-order valence-corrected chi connectivity index (χ0v) is 8.02. The molecular formula is C11H8O4. The molecule has 0 saturated heterocycles. The van der Waals surface area contributed by atoms with Gasteiger partial charge >= 0.3 is 11.9 Å². The molecule has 1 rings (SSSR count). The minimum absolute atomic E-state index is 0.0855. The molecule has 0 bridgehead atoms. The predicted molar refractivity (Wildman–Crippen MR) is 52.0 cm³/mol. The van der Waals surface area contributed by atoms with E-state index in [1.807, 2.05) is 0 Å². The third-order valence-corrected chi connectivity index (χ3v) is 1.70. The Labute approximate surface area is 86.8 Å². The van der Waals surface area contributed by atoms with E-state index in [1.54, 1.807) is 18.2 Å². The first kappa shape index (κ1) is 10.8. The number of esters is 2. The summed E-state index contributed by atoms with van der Waals surface area (Å²) in [5.41, 5.74) is 0.211. The monoisotopic (exact) mass is 204 g/mol. The molecule has 0 N–H and O–H groups in total. The first-order valence-corrected chi connectivity index (χ1v) is 4.04. The quantitative estimate of drug-likeness (QED) is 0.537. The molecule has 1 aromatic carbocycles. The summed E-state index contributed by atoms with van der Waals surface area (Å²) in [6, 6.07) is 6.10. The van der Waals surface area contributed by atoms with E-state index in [-0.39, 0.29) is 11.1 Å². The molecule has 4 heteroatoms. The van der Waals surface area contributed by atoms with Crippen LogP contribution in [0.4, 0.5) is 0 Å². The number of methoxy groups -OCH3 is 1. The van der Waals surface area contributed by atoms with Crippen molar-refractivity contribution in [3.8, 4) is 12.5 Å². The van der Waals surface area contributed by atoms with Crippen molar-refractivity contribution in [2.45, 2.75) is 0 Å². The maximum absolute atomic E-state index is 11.3. The summed E-state index contributed by atoms with van der Waals surface area (Å²) in [5.74, 6) is -1.36. The van der Waals surface area contributed by atoms with Gasteiger partial charge in [0.15, 0.2) is 0 Å². The molecule has 0 spiro atoms. The van der Waals surface area contributed by atoms with Crippen LogP contribution in [0.3, 0.4) is 0 Å². The van der Waals surface area contributed by atoms with Crippen LogP contribution in [0.15, 0.2) is 24.3 Å². The van der Waals surface area contributed by atoms with Gasteiger partial charge in [-0.25, -0.2) is 9.59 Å². The maximum Gasteiger partial charge on any atom is 0.352 e. The number of rotatable bonds is 2. The summed E-state index contributed by atoms with van der Waals surface area (Å²) in [7, 11) is 1.23. The highest BCUT2D eigenvalue weighted by atomic mass is 16.5. The van der Waals surface area contributed by atoms with E-state index in [1.165, 1.54) is 19.2 Å². The standard InChI is InChI=1S/C11H8O4/c1-3-15-11(13)9-7-5-4-6-8(9)10(12)14-2/h1,4-7H,2H3. The molecular weight excluding hydrogens is 196 g/mol. The molecule has 76 valence electrons. The van der Waals surface area contributed by atoms with E-state index in [0.717, 1.165) is 0 Å². The second-order valence-electron chi connectivity index (χ2n) is 2.54. The Morgan fingerprint density at radius 1 is 1.20 bits per heavy atom. The van der Waals surface area contributed by atoms with E-state index >= 15 is 0 Å². The SMILES string of the molecule is C#COC(=O)c1ccccc1C(=O)OC. The minimum Gasteiger partial charge on any atom is -0.465 e. The van der Waals surface area contributed by atoms with Crippen molar-refractivity contribution in [3.63, 3.8) is 0 Å². The largest absolute Gasteiger partial charge is 0.465 e. The van der Waals surface area contributed by atoms with Crippen molar-refractivity contribution in [2.75, 3.05) is 7.11 Å². The maximum atomic E-state index is 11.3. The smallest absolute Gasteiger partial charge is 0.352 e. The van der Waals surface area contributed by atoms with Gasteiger partial charge in [0.2, 0.25) is 0 Å². The van der Waals surface area contributed by atoms with E-state index in [2.05, 4.69) is 9.47 Å². The summed E-state index contributed by atoms with van der Waals surface area (Å²) >= 11 is 0. The lowest BCUT2D eigenvalue weighted by molar-refractivity contribution is 0.0582. The van der Waals surface area contributed by atoms with Gasteiger partial charge in [0.1, 0.15) is 6.11 Å². The molecule has 0 heterocycles. The Morgan fingerprint density at radius 3 is 2.20 bits per heavy atom. The van der Waals surface area contributed by atoms with Crippen molar-refractivity contribution >= 4 is 11.9 Å². The van der Waals surface area contributed by atoms with E-state index < -0.39 is 11.9 Å². The lowest BCUT2D eigenvalue weighted by Crippen LogP contribution is -2.11. The zero-order valence-electron chi connectivity index (χ0n) is 8.02. The van der Waals surface area contributed by atoms with Crippen molar-refractivity contribution in [1.29, 1.82) is 0 Å². The van der Waals surface area contributed by atoms with Crippen LogP contribution in [0.2, 0.25) is 0 Å². The Morgan fingerprint density at radius 2 is 1.73 bits per heavy atom. The highest BCUT2D eigenvalue weighted by molar-refractivity contribution is 6.03. The lowest BCUT2D eigenvalue weighted by Gasteiger charge is -2.03. The summed E-state index contributed by atoms with van der Waals surface area (Å²) in [5, 5.41) is 0. The van der Waals surface area contributed by atoms with Gasteiger partial charge < -0.3 is 9.47 Å². The second kappa shape index (κ2) is 4.82. The van der Waals surface area contributed by atoms with Crippen LogP contribution in [0.5, 0.6) is 0 Å². The summed E-state index contributed by atoms with van der Waals surface area (Å²) in [4.78, 5) is 22.6. The highest BCUT2D eigenvalue weighted by Gasteiger charge is 2.17. The summed E-state index contributed by atoms with van der Waals surface area (Å²) in [6.07, 6.45) is 6.56. The Kier molecular flexibility index (Phi) is 3.47. The van der Waals surface area contributed by atoms with Gasteiger partial charge in [-0.15, -0.1) is 0 Å². The molecule has 0 saturated carbocycles. The van der Waals surface area contributed by atoms with Gasteiger partial charge in [-0.2, -0.15) is 0 Å². The van der Waals surface area contributed by atoms with Crippen LogP contribution < -0.4 is 0 Å². The number of hydrogen-bond donors (Lipinski definition) is 0. The van der Waals surface area contributed by atoms with Crippen LogP contribution in [0, 0.1) is 12.5 Å². The molecule has 0 aliphatic carbocycles. The zero-order chi connectivity index (χ0) is 11.3. The molecule has 0 atom stereocenters. The average molecular weight is 204 g/mol. The first-order valence-electron chi connectivity index (χ1n) is 4.04. The summed E-state index contributed by atoms with van der Waals surface area (Å²) < 4.78 is 8.85. The molecule has 0 aliphatic rings. The molecule has 1 aromatic rings. The van der Waals surface area contributed by atoms with Crippen molar-refractivity contribution in [3.05, 3.63) is 35.4 Å². The number of ether oxygens (including phenoxy) is 2. The van der Waals surface area contributed by atoms with Gasteiger partial charge in [0.05, 0.1) is 18.2 Å². The van der Waals surface area contributed by atoms with Crippen LogP contribution >= 0.6 is 0 Å². The topological polar surface area (TPSA) is 52.6 Å². The van der Waals surface area contributed by atoms with Gasteiger partial charge in [0.25, 0.3) is 0 Å². The molecule has 0 radical (unpaired) electrons. The fourth-order valence-electron chi connectivity index (χ4n) is 1.06. The van der Waals surface area contributed by atoms with Crippen LogP contribution in [-0.2, 0) is 9.47 Å². The van der Waals surface area contributed by atoms with Crippen molar-refractivity contribution in [1.82, 2.24) is 0 Å². The number of carbonyl (C=O) groups excluding carboxylic acids is 2. The number of benzene rings is 1. The summed E-state index contributed by atoms with van der Waals surface area (Å²) in [6.45, 7) is 0. The van der Waals surface area contributed by atoms with E-state index in [0.29, 0.717) is 0 Å². The van der Waals surface area contributed by atoms with Crippen LogP contribution in [-0.4, -0.2) is 19.0 Å². The normalized spacial score (nSPS) is 8.80. The average Bonchev–Trinajstić information content (AvgIpc) is 2.28. The predicted octanol–water partition coefficient (Wildman–Crippen LogP) is 1.22. The third-order valence-electron chi connectivity index (χ3n) is 1.70. The minimum atomic E-state index is -0.751. The van der Waals surface area contributed by atoms with E-state index in [4.69, 9.17) is 6.42 Å². The fraction of sp³-hybridized carbons (Fsp3) is 0.0909. The number of terminal acetylenes is 1. The molecule has 4 nitrogen and oxygen atoms in total. The van der Waals surface area contributed by atoms with Crippen LogP contribution in [0.25, 0.3) is 0 Å². The Balaban J connectivity index is 3.13. The molecule has 0 aromatic heterocycles. The molecule has 0 unspecified atom stereocenters. The highest BCUT2D eigenvalue weighted by Crippen LogP contribution is 2.11. The van der Waals surface area contributed by atoms with Gasteiger partial charge in [-0.1, -0.05) is 18.6 Å². The molecule has 15 heavy (non-hydrogen) atoms. The number of hydrogen-bond acceptors (Lipinski definition) is 4. The molecule has 0 aliphatic heterocycles. The van der Waals surface area contributed by atoms with Crippen molar-refractivity contribution < 1.29 is 19.1 Å². The van der Waals surface area contributed by atoms with Crippen LogP contribution in [0.1, 0.15) is 20.7 Å². The number of carbonyl (C=O) groups is 2. The fourth-order valence-corrected chi connectivity index (χ4v) is 1.06. The molecule has 0 fully saturated rings. The van der Waals surface area contributed by atoms with Crippen molar-refractivity contribution in [2.24, 2.45) is 0 Å². The van der Waals surface area contributed by atoms with Gasteiger partial charge in [0, 0.05) is 0 Å². The third kappa shape index (κ3) is 2.35. The first-order chi connectivity index (χ1) is 7.20. The molecule has 0 amide bonds.